The van der Waals surface area contributed by atoms with Crippen molar-refractivity contribution in [1.82, 2.24) is 5.32 Å². The maximum absolute atomic E-state index is 11.4. The van der Waals surface area contributed by atoms with Gasteiger partial charge in [-0.3, -0.25) is 4.79 Å². The van der Waals surface area contributed by atoms with Gasteiger partial charge in [0.15, 0.2) is 0 Å². The number of carbonyl (C=O) groups is 1. The monoisotopic (exact) mass is 235 g/mol. The van der Waals surface area contributed by atoms with Crippen LogP contribution in [0.3, 0.4) is 0 Å². The highest BCUT2D eigenvalue weighted by molar-refractivity contribution is 6.18. The van der Waals surface area contributed by atoms with Gasteiger partial charge < -0.3 is 10.1 Å². The van der Waals surface area contributed by atoms with Crippen LogP contribution >= 0.6 is 11.6 Å². The van der Waals surface area contributed by atoms with Crippen LogP contribution in [0, 0.1) is 5.92 Å². The molecule has 0 aliphatic heterocycles. The molecule has 0 aliphatic rings. The maximum atomic E-state index is 11.4. The van der Waals surface area contributed by atoms with Crippen LogP contribution in [0.5, 0.6) is 0 Å². The van der Waals surface area contributed by atoms with E-state index in [-0.39, 0.29) is 18.6 Å². The standard InChI is InChI=1S/C11H22ClNO2/c1-4-5-15-8-11(14)13-10(7-12)6-9(2)3/h9-10H,4-8H2,1-3H3,(H,13,14). The first-order valence-corrected chi connectivity index (χ1v) is 6.06. The minimum Gasteiger partial charge on any atom is -0.372 e. The summed E-state index contributed by atoms with van der Waals surface area (Å²) < 4.78 is 5.14. The molecule has 0 aromatic heterocycles. The Morgan fingerprint density at radius 3 is 2.60 bits per heavy atom. The average Bonchev–Trinajstić information content (AvgIpc) is 2.16. The molecule has 1 atom stereocenters. The van der Waals surface area contributed by atoms with Gasteiger partial charge in [-0.25, -0.2) is 0 Å². The van der Waals surface area contributed by atoms with Crippen molar-refractivity contribution in [2.24, 2.45) is 5.92 Å². The van der Waals surface area contributed by atoms with Crippen molar-refractivity contribution in [3.05, 3.63) is 0 Å². The third-order valence-corrected chi connectivity index (χ3v) is 2.26. The highest BCUT2D eigenvalue weighted by Gasteiger charge is 2.12. The van der Waals surface area contributed by atoms with E-state index in [9.17, 15) is 4.79 Å². The summed E-state index contributed by atoms with van der Waals surface area (Å²) in [6.45, 7) is 7.00. The predicted octanol–water partition coefficient (Wildman–Crippen LogP) is 2.18. The van der Waals surface area contributed by atoms with Crippen LogP contribution in [-0.2, 0) is 9.53 Å². The molecule has 0 spiro atoms. The molecule has 0 heterocycles. The molecule has 0 fully saturated rings. The number of hydrogen-bond donors (Lipinski definition) is 1. The summed E-state index contributed by atoms with van der Waals surface area (Å²) in [4.78, 5) is 11.4. The number of nitrogens with one attached hydrogen (secondary N) is 1. The molecular weight excluding hydrogens is 214 g/mol. The van der Waals surface area contributed by atoms with Crippen LogP contribution in [0.1, 0.15) is 33.6 Å². The Bertz CT molecular complexity index is 174. The summed E-state index contributed by atoms with van der Waals surface area (Å²) in [6.07, 6.45) is 1.83. The van der Waals surface area contributed by atoms with E-state index in [1.165, 1.54) is 0 Å². The van der Waals surface area contributed by atoms with Crippen LogP contribution in [0.2, 0.25) is 0 Å². The molecular formula is C11H22ClNO2. The zero-order chi connectivity index (χ0) is 11.7. The van der Waals surface area contributed by atoms with Gasteiger partial charge >= 0.3 is 0 Å². The molecule has 0 saturated heterocycles. The Morgan fingerprint density at radius 1 is 1.47 bits per heavy atom. The van der Waals surface area contributed by atoms with E-state index >= 15 is 0 Å². The predicted molar refractivity (Wildman–Crippen MR) is 63.2 cm³/mol. The van der Waals surface area contributed by atoms with Crippen LogP contribution in [0.25, 0.3) is 0 Å². The van der Waals surface area contributed by atoms with E-state index in [4.69, 9.17) is 16.3 Å². The van der Waals surface area contributed by atoms with Crippen molar-refractivity contribution in [1.29, 1.82) is 0 Å². The first kappa shape index (κ1) is 14.7. The molecule has 90 valence electrons. The van der Waals surface area contributed by atoms with Crippen molar-refractivity contribution < 1.29 is 9.53 Å². The first-order chi connectivity index (χ1) is 7.10. The number of alkyl halides is 1. The minimum atomic E-state index is -0.0743. The van der Waals surface area contributed by atoms with Crippen molar-refractivity contribution >= 4 is 17.5 Å². The fourth-order valence-electron chi connectivity index (χ4n) is 1.31. The zero-order valence-electron chi connectivity index (χ0n) is 9.88. The molecule has 1 N–H and O–H groups in total. The van der Waals surface area contributed by atoms with E-state index in [1.54, 1.807) is 0 Å². The lowest BCUT2D eigenvalue weighted by atomic mass is 10.1. The Balaban J connectivity index is 3.70. The number of hydrogen-bond acceptors (Lipinski definition) is 2. The van der Waals surface area contributed by atoms with Crippen LogP contribution < -0.4 is 5.32 Å². The van der Waals surface area contributed by atoms with Crippen molar-refractivity contribution in [2.75, 3.05) is 19.1 Å². The van der Waals surface area contributed by atoms with Crippen molar-refractivity contribution in [3.63, 3.8) is 0 Å². The number of carbonyl (C=O) groups excluding carboxylic acids is 1. The maximum Gasteiger partial charge on any atom is 0.246 e. The largest absolute Gasteiger partial charge is 0.372 e. The van der Waals surface area contributed by atoms with Crippen molar-refractivity contribution in [3.8, 4) is 0 Å². The second kappa shape index (κ2) is 8.98. The quantitative estimate of drug-likeness (QED) is 0.517. The molecule has 15 heavy (non-hydrogen) atoms. The third-order valence-electron chi connectivity index (χ3n) is 1.89. The molecule has 1 unspecified atom stereocenters. The van der Waals surface area contributed by atoms with Gasteiger partial charge in [-0.15, -0.1) is 11.6 Å². The zero-order valence-corrected chi connectivity index (χ0v) is 10.6. The lowest BCUT2D eigenvalue weighted by molar-refractivity contribution is -0.126. The van der Waals surface area contributed by atoms with Gasteiger partial charge in [0.2, 0.25) is 5.91 Å². The fraction of sp³-hybridized carbons (Fsp3) is 0.909. The number of rotatable bonds is 8. The van der Waals surface area contributed by atoms with E-state index in [0.29, 0.717) is 18.4 Å². The van der Waals surface area contributed by atoms with Gasteiger partial charge in [-0.05, 0) is 18.8 Å². The summed E-state index contributed by atoms with van der Waals surface area (Å²) in [5, 5.41) is 2.86. The molecule has 0 aliphatic carbocycles. The van der Waals surface area contributed by atoms with Crippen LogP contribution in [0.4, 0.5) is 0 Å². The van der Waals surface area contributed by atoms with E-state index in [1.807, 2.05) is 6.92 Å². The normalized spacial score (nSPS) is 12.9. The van der Waals surface area contributed by atoms with E-state index in [2.05, 4.69) is 19.2 Å². The van der Waals surface area contributed by atoms with Gasteiger partial charge in [0.05, 0.1) is 0 Å². The van der Waals surface area contributed by atoms with Gasteiger partial charge in [0.1, 0.15) is 6.61 Å². The first-order valence-electron chi connectivity index (χ1n) is 5.53. The second-order valence-corrected chi connectivity index (χ2v) is 4.41. The van der Waals surface area contributed by atoms with Crippen molar-refractivity contribution in [2.45, 2.75) is 39.7 Å². The number of amides is 1. The Morgan fingerprint density at radius 2 is 2.13 bits per heavy atom. The summed E-state index contributed by atoms with van der Waals surface area (Å²) in [5.74, 6) is 0.915. The minimum absolute atomic E-state index is 0.0596. The van der Waals surface area contributed by atoms with Gasteiger partial charge in [0.25, 0.3) is 0 Å². The molecule has 1 amide bonds. The average molecular weight is 236 g/mol. The van der Waals surface area contributed by atoms with Gasteiger partial charge in [-0.2, -0.15) is 0 Å². The molecule has 0 saturated carbocycles. The molecule has 0 radical (unpaired) electrons. The molecule has 0 rings (SSSR count). The SMILES string of the molecule is CCCOCC(=O)NC(CCl)CC(C)C. The smallest absolute Gasteiger partial charge is 0.246 e. The third kappa shape index (κ3) is 8.70. The second-order valence-electron chi connectivity index (χ2n) is 4.10. The molecule has 4 heteroatoms. The van der Waals surface area contributed by atoms with Gasteiger partial charge in [-0.1, -0.05) is 20.8 Å². The highest BCUT2D eigenvalue weighted by atomic mass is 35.5. The van der Waals surface area contributed by atoms with E-state index in [0.717, 1.165) is 12.8 Å². The summed E-state index contributed by atoms with van der Waals surface area (Å²) >= 11 is 5.76. The topological polar surface area (TPSA) is 38.3 Å². The summed E-state index contributed by atoms with van der Waals surface area (Å²) in [7, 11) is 0. The lowest BCUT2D eigenvalue weighted by Crippen LogP contribution is -2.39. The summed E-state index contributed by atoms with van der Waals surface area (Å²) in [6, 6.07) is 0.0596. The molecule has 0 aromatic carbocycles. The van der Waals surface area contributed by atoms with Gasteiger partial charge in [0, 0.05) is 18.5 Å². The Hall–Kier alpha value is -0.280. The lowest BCUT2D eigenvalue weighted by Gasteiger charge is -2.17. The highest BCUT2D eigenvalue weighted by Crippen LogP contribution is 2.05. The summed E-state index contributed by atoms with van der Waals surface area (Å²) in [5.41, 5.74) is 0. The molecule has 0 bridgehead atoms. The molecule has 3 nitrogen and oxygen atoms in total. The van der Waals surface area contributed by atoms with Crippen LogP contribution in [-0.4, -0.2) is 31.0 Å². The number of halogens is 1. The number of ether oxygens (including phenoxy) is 1. The van der Waals surface area contributed by atoms with Crippen LogP contribution in [0.15, 0.2) is 0 Å². The fourth-order valence-corrected chi connectivity index (χ4v) is 1.51. The Labute approximate surface area is 97.5 Å². The molecule has 0 aromatic rings. The Kier molecular flexibility index (Phi) is 8.82. The van der Waals surface area contributed by atoms with E-state index < -0.39 is 0 Å².